The smallest absolute Gasteiger partial charge is 0.273 e. The highest BCUT2D eigenvalue weighted by Crippen LogP contribution is 2.38. The molecule has 8 heteroatoms. The lowest BCUT2D eigenvalue weighted by Crippen LogP contribution is -2.60. The lowest BCUT2D eigenvalue weighted by Gasteiger charge is -2.50. The number of nitrogens with zero attached hydrogens (tertiary/aromatic N) is 5. The number of rotatable bonds is 4. The summed E-state index contributed by atoms with van der Waals surface area (Å²) in [5, 5.41) is 3.55. The van der Waals surface area contributed by atoms with E-state index in [0.29, 0.717) is 29.5 Å². The molecule has 2 bridgehead atoms. The Labute approximate surface area is 186 Å². The number of aryl methyl sites for hydroxylation is 2. The van der Waals surface area contributed by atoms with Crippen molar-refractivity contribution in [2.75, 3.05) is 11.9 Å². The highest BCUT2D eigenvalue weighted by atomic mass is 19.1. The van der Waals surface area contributed by atoms with Gasteiger partial charge in [0, 0.05) is 25.0 Å². The van der Waals surface area contributed by atoms with E-state index in [1.54, 1.807) is 6.20 Å². The molecule has 3 aromatic heterocycles. The Balaban J connectivity index is 1.44. The number of pyridine rings is 2. The molecule has 7 nitrogen and oxygen atoms in total. The van der Waals surface area contributed by atoms with Crippen LogP contribution in [0.3, 0.4) is 0 Å². The first kappa shape index (κ1) is 20.5. The molecule has 3 atom stereocenters. The van der Waals surface area contributed by atoms with Crippen LogP contribution in [-0.2, 0) is 0 Å². The zero-order chi connectivity index (χ0) is 22.2. The average Bonchev–Trinajstić information content (AvgIpc) is 2.81. The summed E-state index contributed by atoms with van der Waals surface area (Å²) in [6, 6.07) is 6.04. The van der Waals surface area contributed by atoms with E-state index in [0.717, 1.165) is 48.6 Å². The summed E-state index contributed by atoms with van der Waals surface area (Å²) in [7, 11) is 0. The fraction of sp³-hybridized carbons (Fsp3) is 0.375. The van der Waals surface area contributed by atoms with Crippen LogP contribution in [0.1, 0.15) is 40.9 Å². The number of halogens is 1. The van der Waals surface area contributed by atoms with Gasteiger partial charge in [0.2, 0.25) is 0 Å². The Morgan fingerprint density at radius 2 is 1.81 bits per heavy atom. The van der Waals surface area contributed by atoms with E-state index in [2.05, 4.69) is 25.3 Å². The molecule has 1 N–H and O–H groups in total. The summed E-state index contributed by atoms with van der Waals surface area (Å²) in [5.41, 5.74) is 2.83. The Bertz CT molecular complexity index is 1130. The van der Waals surface area contributed by atoms with Crippen molar-refractivity contribution in [3.05, 3.63) is 65.6 Å². The minimum absolute atomic E-state index is 0.0562. The van der Waals surface area contributed by atoms with E-state index >= 15 is 0 Å². The highest BCUT2D eigenvalue weighted by molar-refractivity contribution is 5.98. The van der Waals surface area contributed by atoms with Crippen molar-refractivity contribution in [2.45, 2.75) is 45.2 Å². The topological polar surface area (TPSA) is 83.9 Å². The summed E-state index contributed by atoms with van der Waals surface area (Å²) in [4.78, 5) is 32.7. The maximum atomic E-state index is 13.7. The number of anilines is 1. The van der Waals surface area contributed by atoms with Crippen LogP contribution in [-0.4, -0.2) is 49.4 Å². The van der Waals surface area contributed by atoms with Crippen molar-refractivity contribution in [3.8, 4) is 11.4 Å². The fourth-order valence-corrected chi connectivity index (χ4v) is 4.82. The van der Waals surface area contributed by atoms with Crippen molar-refractivity contribution in [2.24, 2.45) is 5.92 Å². The number of hydrogen-bond acceptors (Lipinski definition) is 6. The van der Waals surface area contributed by atoms with Crippen LogP contribution in [0.5, 0.6) is 0 Å². The first-order chi connectivity index (χ1) is 15.5. The SMILES string of the molecule is Cc1ccc(NC2CC3CCC2N(C(=O)c2ncc(C)cc2-c2ncc(F)cn2)C3)nc1. The number of aromatic nitrogens is 4. The molecule has 32 heavy (non-hydrogen) atoms. The molecule has 3 fully saturated rings. The number of piperidine rings is 2. The second kappa shape index (κ2) is 8.26. The van der Waals surface area contributed by atoms with Gasteiger partial charge in [-0.1, -0.05) is 6.07 Å². The van der Waals surface area contributed by atoms with Crippen LogP contribution in [0.25, 0.3) is 11.4 Å². The standard InChI is InChI=1S/C24H25FN6O/c1-14-3-6-21(26-9-14)30-19-8-16-4-5-20(19)31(13-16)24(32)22-18(7-15(2)10-27-22)23-28-11-17(25)12-29-23/h3,6-7,9-12,16,19-20H,4-5,8,13H2,1-2H3,(H,26,30). The van der Waals surface area contributed by atoms with Crippen molar-refractivity contribution >= 4 is 11.7 Å². The van der Waals surface area contributed by atoms with Crippen LogP contribution >= 0.6 is 0 Å². The van der Waals surface area contributed by atoms with E-state index < -0.39 is 5.82 Å². The van der Waals surface area contributed by atoms with Gasteiger partial charge in [0.1, 0.15) is 11.5 Å². The molecule has 1 amide bonds. The third kappa shape index (κ3) is 3.92. The zero-order valence-electron chi connectivity index (χ0n) is 18.1. The molecule has 2 aliphatic heterocycles. The predicted molar refractivity (Wildman–Crippen MR) is 119 cm³/mol. The van der Waals surface area contributed by atoms with E-state index in [9.17, 15) is 9.18 Å². The Morgan fingerprint density at radius 1 is 1.03 bits per heavy atom. The largest absolute Gasteiger partial charge is 0.365 e. The molecule has 6 rings (SSSR count). The number of carbonyl (C=O) groups excluding carboxylic acids is 1. The van der Waals surface area contributed by atoms with Gasteiger partial charge >= 0.3 is 0 Å². The fourth-order valence-electron chi connectivity index (χ4n) is 4.82. The molecule has 3 unspecified atom stereocenters. The summed E-state index contributed by atoms with van der Waals surface area (Å²) in [5.74, 6) is 0.907. The monoisotopic (exact) mass is 432 g/mol. The Kier molecular flexibility index (Phi) is 5.28. The molecule has 2 saturated heterocycles. The van der Waals surface area contributed by atoms with Crippen LogP contribution in [0.2, 0.25) is 0 Å². The van der Waals surface area contributed by atoms with Crippen molar-refractivity contribution in [3.63, 3.8) is 0 Å². The van der Waals surface area contributed by atoms with Crippen LogP contribution in [0.4, 0.5) is 10.2 Å². The summed E-state index contributed by atoms with van der Waals surface area (Å²) >= 11 is 0. The van der Waals surface area contributed by atoms with Crippen LogP contribution < -0.4 is 5.32 Å². The summed E-state index contributed by atoms with van der Waals surface area (Å²) in [6.45, 7) is 4.62. The zero-order valence-corrected chi connectivity index (χ0v) is 18.1. The number of hydrogen-bond donors (Lipinski definition) is 1. The molecule has 0 aromatic carbocycles. The first-order valence-electron chi connectivity index (χ1n) is 10.9. The van der Waals surface area contributed by atoms with E-state index in [1.807, 2.05) is 43.1 Å². The van der Waals surface area contributed by atoms with Gasteiger partial charge in [-0.3, -0.25) is 9.78 Å². The molecular weight excluding hydrogens is 407 g/mol. The summed E-state index contributed by atoms with van der Waals surface area (Å²) < 4.78 is 13.3. The lowest BCUT2D eigenvalue weighted by atomic mass is 9.76. The second-order valence-electron chi connectivity index (χ2n) is 8.81. The maximum Gasteiger partial charge on any atom is 0.273 e. The molecule has 1 aliphatic carbocycles. The molecule has 0 radical (unpaired) electrons. The first-order valence-corrected chi connectivity index (χ1v) is 10.9. The van der Waals surface area contributed by atoms with Gasteiger partial charge in [-0.25, -0.2) is 19.3 Å². The molecule has 3 aromatic rings. The van der Waals surface area contributed by atoms with E-state index in [1.165, 1.54) is 0 Å². The van der Waals surface area contributed by atoms with Gasteiger partial charge < -0.3 is 10.2 Å². The highest BCUT2D eigenvalue weighted by Gasteiger charge is 2.44. The van der Waals surface area contributed by atoms with Crippen molar-refractivity contribution in [1.29, 1.82) is 0 Å². The normalized spacial score (nSPS) is 22.1. The quantitative estimate of drug-likeness (QED) is 0.675. The number of fused-ring (bicyclic) bond motifs is 3. The van der Waals surface area contributed by atoms with Gasteiger partial charge in [-0.05, 0) is 62.3 Å². The molecule has 0 spiro atoms. The van der Waals surface area contributed by atoms with Crippen molar-refractivity contribution in [1.82, 2.24) is 24.8 Å². The lowest BCUT2D eigenvalue weighted by molar-refractivity contribution is 0.0277. The Morgan fingerprint density at radius 3 is 2.53 bits per heavy atom. The van der Waals surface area contributed by atoms with Gasteiger partial charge in [0.25, 0.3) is 5.91 Å². The molecule has 164 valence electrons. The summed E-state index contributed by atoms with van der Waals surface area (Å²) in [6.07, 6.45) is 8.80. The Hall–Kier alpha value is -3.42. The maximum absolute atomic E-state index is 13.7. The number of carbonyl (C=O) groups is 1. The van der Waals surface area contributed by atoms with E-state index in [4.69, 9.17) is 0 Å². The molecule has 5 heterocycles. The minimum atomic E-state index is -0.519. The van der Waals surface area contributed by atoms with Gasteiger partial charge in [0.15, 0.2) is 11.6 Å². The van der Waals surface area contributed by atoms with Gasteiger partial charge in [-0.2, -0.15) is 0 Å². The van der Waals surface area contributed by atoms with Gasteiger partial charge in [-0.15, -0.1) is 0 Å². The second-order valence-corrected chi connectivity index (χ2v) is 8.81. The van der Waals surface area contributed by atoms with E-state index in [-0.39, 0.29) is 18.0 Å². The molecule has 3 aliphatic rings. The molecular formula is C24H25FN6O. The average molecular weight is 433 g/mol. The van der Waals surface area contributed by atoms with Crippen LogP contribution in [0, 0.1) is 25.6 Å². The third-order valence-electron chi connectivity index (χ3n) is 6.37. The third-order valence-corrected chi connectivity index (χ3v) is 6.37. The van der Waals surface area contributed by atoms with Gasteiger partial charge in [0.05, 0.1) is 24.0 Å². The molecule has 1 saturated carbocycles. The minimum Gasteiger partial charge on any atom is -0.365 e. The predicted octanol–water partition coefficient (Wildman–Crippen LogP) is 3.79. The van der Waals surface area contributed by atoms with Crippen LogP contribution in [0.15, 0.2) is 43.0 Å². The van der Waals surface area contributed by atoms with Crippen molar-refractivity contribution < 1.29 is 9.18 Å². The number of nitrogens with one attached hydrogen (secondary N) is 1. The number of amides is 1.